The molecule has 0 bridgehead atoms. The van der Waals surface area contributed by atoms with Gasteiger partial charge < -0.3 is 19.5 Å². The summed E-state index contributed by atoms with van der Waals surface area (Å²) in [7, 11) is 5.62. The Morgan fingerprint density at radius 1 is 1.33 bits per heavy atom. The van der Waals surface area contributed by atoms with Gasteiger partial charge in [0.2, 0.25) is 5.91 Å². The molecule has 0 aliphatic carbocycles. The highest BCUT2D eigenvalue weighted by Gasteiger charge is 2.20. The van der Waals surface area contributed by atoms with Gasteiger partial charge in [-0.05, 0) is 34.0 Å². The smallest absolute Gasteiger partial charge is 0.224 e. The van der Waals surface area contributed by atoms with Gasteiger partial charge in [-0.25, -0.2) is 0 Å². The standard InChI is InChI=1S/C18H25N3O3/c1-12-15(13(2)24-20-12)10-18(22)19-11-16(21(3)4)14-8-6-7-9-17(14)23-5/h6-9,16H,10-11H2,1-5H3,(H,19,22). The minimum Gasteiger partial charge on any atom is -0.496 e. The van der Waals surface area contributed by atoms with Gasteiger partial charge in [0, 0.05) is 17.7 Å². The van der Waals surface area contributed by atoms with Gasteiger partial charge in [-0.2, -0.15) is 0 Å². The van der Waals surface area contributed by atoms with Crippen LogP contribution in [0.25, 0.3) is 0 Å². The van der Waals surface area contributed by atoms with Gasteiger partial charge in [0.05, 0.1) is 25.3 Å². The maximum absolute atomic E-state index is 12.3. The van der Waals surface area contributed by atoms with E-state index in [2.05, 4.69) is 15.4 Å². The van der Waals surface area contributed by atoms with Crippen LogP contribution in [-0.4, -0.2) is 43.7 Å². The molecule has 1 atom stereocenters. The van der Waals surface area contributed by atoms with Crippen molar-refractivity contribution >= 4 is 5.91 Å². The number of amides is 1. The van der Waals surface area contributed by atoms with E-state index in [9.17, 15) is 4.79 Å². The Morgan fingerprint density at radius 3 is 2.62 bits per heavy atom. The number of aryl methyl sites for hydroxylation is 2. The highest BCUT2D eigenvalue weighted by Crippen LogP contribution is 2.27. The van der Waals surface area contributed by atoms with E-state index >= 15 is 0 Å². The van der Waals surface area contributed by atoms with Crippen LogP contribution in [0, 0.1) is 13.8 Å². The molecule has 1 unspecified atom stereocenters. The maximum atomic E-state index is 12.3. The highest BCUT2D eigenvalue weighted by molar-refractivity contribution is 5.79. The van der Waals surface area contributed by atoms with E-state index in [4.69, 9.17) is 9.26 Å². The molecule has 2 rings (SSSR count). The Hall–Kier alpha value is -2.34. The van der Waals surface area contributed by atoms with E-state index in [0.717, 1.165) is 22.6 Å². The fraction of sp³-hybridized carbons (Fsp3) is 0.444. The zero-order valence-corrected chi connectivity index (χ0v) is 14.9. The largest absolute Gasteiger partial charge is 0.496 e. The molecule has 1 heterocycles. The number of aromatic nitrogens is 1. The Labute approximate surface area is 142 Å². The topological polar surface area (TPSA) is 67.6 Å². The predicted octanol–water partition coefficient (Wildman–Crippen LogP) is 2.26. The molecule has 1 aromatic heterocycles. The summed E-state index contributed by atoms with van der Waals surface area (Å²) >= 11 is 0. The number of nitrogens with zero attached hydrogens (tertiary/aromatic N) is 2. The highest BCUT2D eigenvalue weighted by atomic mass is 16.5. The summed E-state index contributed by atoms with van der Waals surface area (Å²) in [5.41, 5.74) is 2.66. The Balaban J connectivity index is 2.05. The van der Waals surface area contributed by atoms with Crippen LogP contribution < -0.4 is 10.1 Å². The zero-order chi connectivity index (χ0) is 17.7. The van der Waals surface area contributed by atoms with Crippen molar-refractivity contribution in [1.82, 2.24) is 15.4 Å². The molecule has 2 aromatic rings. The van der Waals surface area contributed by atoms with Gasteiger partial charge >= 0.3 is 0 Å². The molecule has 0 spiro atoms. The van der Waals surface area contributed by atoms with Crippen LogP contribution in [-0.2, 0) is 11.2 Å². The Morgan fingerprint density at radius 2 is 2.04 bits per heavy atom. The minimum absolute atomic E-state index is 0.0229. The number of methoxy groups -OCH3 is 1. The predicted molar refractivity (Wildman–Crippen MR) is 92.1 cm³/mol. The summed E-state index contributed by atoms with van der Waals surface area (Å²) in [6, 6.07) is 7.88. The van der Waals surface area contributed by atoms with Crippen molar-refractivity contribution in [3.63, 3.8) is 0 Å². The third-order valence-electron chi connectivity index (χ3n) is 4.13. The molecule has 1 N–H and O–H groups in total. The van der Waals surface area contributed by atoms with Crippen LogP contribution in [0.2, 0.25) is 0 Å². The van der Waals surface area contributed by atoms with Crippen molar-refractivity contribution in [3.8, 4) is 5.75 Å². The quantitative estimate of drug-likeness (QED) is 0.843. The average Bonchev–Trinajstić information content (AvgIpc) is 2.87. The third-order valence-corrected chi connectivity index (χ3v) is 4.13. The molecule has 0 fully saturated rings. The number of carbonyl (C=O) groups excluding carboxylic acids is 1. The molecule has 6 nitrogen and oxygen atoms in total. The second-order valence-corrected chi connectivity index (χ2v) is 6.00. The van der Waals surface area contributed by atoms with Gasteiger partial charge in [-0.1, -0.05) is 23.4 Å². The van der Waals surface area contributed by atoms with Gasteiger partial charge in [0.15, 0.2) is 0 Å². The monoisotopic (exact) mass is 331 g/mol. The number of ether oxygens (including phenoxy) is 1. The van der Waals surface area contributed by atoms with Crippen molar-refractivity contribution in [1.29, 1.82) is 0 Å². The van der Waals surface area contributed by atoms with E-state index in [0.29, 0.717) is 12.3 Å². The van der Waals surface area contributed by atoms with Crippen LogP contribution in [0.3, 0.4) is 0 Å². The van der Waals surface area contributed by atoms with Crippen molar-refractivity contribution in [2.75, 3.05) is 27.7 Å². The number of hydrogen-bond donors (Lipinski definition) is 1. The van der Waals surface area contributed by atoms with Gasteiger partial charge in [0.25, 0.3) is 0 Å². The first kappa shape index (κ1) is 18.0. The second kappa shape index (κ2) is 7.97. The SMILES string of the molecule is COc1ccccc1C(CNC(=O)Cc1c(C)noc1C)N(C)C. The van der Waals surface area contributed by atoms with Crippen molar-refractivity contribution in [3.05, 3.63) is 46.8 Å². The van der Waals surface area contributed by atoms with Crippen LogP contribution in [0.5, 0.6) is 5.75 Å². The molecule has 1 amide bonds. The molecule has 0 radical (unpaired) electrons. The van der Waals surface area contributed by atoms with E-state index in [1.54, 1.807) is 7.11 Å². The van der Waals surface area contributed by atoms with E-state index in [1.807, 2.05) is 52.2 Å². The summed E-state index contributed by atoms with van der Waals surface area (Å²) in [6.45, 7) is 4.16. The fourth-order valence-corrected chi connectivity index (χ4v) is 2.70. The molecule has 130 valence electrons. The molecule has 0 saturated carbocycles. The second-order valence-electron chi connectivity index (χ2n) is 6.00. The van der Waals surface area contributed by atoms with Gasteiger partial charge in [-0.3, -0.25) is 4.79 Å². The lowest BCUT2D eigenvalue weighted by molar-refractivity contribution is -0.120. The number of carbonyl (C=O) groups is 1. The maximum Gasteiger partial charge on any atom is 0.224 e. The van der Waals surface area contributed by atoms with Crippen LogP contribution in [0.15, 0.2) is 28.8 Å². The van der Waals surface area contributed by atoms with Gasteiger partial charge in [-0.15, -0.1) is 0 Å². The first-order chi connectivity index (χ1) is 11.4. The summed E-state index contributed by atoms with van der Waals surface area (Å²) in [5.74, 6) is 1.46. The van der Waals surface area contributed by atoms with Crippen molar-refractivity contribution in [2.24, 2.45) is 0 Å². The Bertz CT molecular complexity index is 675. The molecule has 0 aliphatic heterocycles. The number of hydrogen-bond acceptors (Lipinski definition) is 5. The zero-order valence-electron chi connectivity index (χ0n) is 14.9. The number of rotatable bonds is 7. The number of para-hydroxylation sites is 1. The molecule has 6 heteroatoms. The molecule has 24 heavy (non-hydrogen) atoms. The summed E-state index contributed by atoms with van der Waals surface area (Å²) in [4.78, 5) is 14.4. The summed E-state index contributed by atoms with van der Waals surface area (Å²) in [6.07, 6.45) is 0.271. The molecular formula is C18H25N3O3. The van der Waals surface area contributed by atoms with E-state index < -0.39 is 0 Å². The lowest BCUT2D eigenvalue weighted by Crippen LogP contribution is -2.35. The minimum atomic E-state index is -0.0499. The normalized spacial score (nSPS) is 12.2. The lowest BCUT2D eigenvalue weighted by Gasteiger charge is -2.26. The first-order valence-electron chi connectivity index (χ1n) is 7.91. The van der Waals surface area contributed by atoms with E-state index in [1.165, 1.54) is 0 Å². The average molecular weight is 331 g/mol. The van der Waals surface area contributed by atoms with Crippen molar-refractivity contribution < 1.29 is 14.1 Å². The number of nitrogens with one attached hydrogen (secondary N) is 1. The molecule has 0 saturated heterocycles. The Kier molecular flexibility index (Phi) is 5.98. The summed E-state index contributed by atoms with van der Waals surface area (Å²) in [5, 5.41) is 6.88. The van der Waals surface area contributed by atoms with Crippen LogP contribution >= 0.6 is 0 Å². The van der Waals surface area contributed by atoms with Crippen LogP contribution in [0.4, 0.5) is 0 Å². The van der Waals surface area contributed by atoms with Gasteiger partial charge in [0.1, 0.15) is 11.5 Å². The first-order valence-corrected chi connectivity index (χ1v) is 7.91. The lowest BCUT2D eigenvalue weighted by atomic mass is 10.0. The van der Waals surface area contributed by atoms with Crippen molar-refractivity contribution in [2.45, 2.75) is 26.3 Å². The molecule has 0 aliphatic rings. The fourth-order valence-electron chi connectivity index (χ4n) is 2.70. The number of likely N-dealkylation sites (N-methyl/N-ethyl adjacent to an activating group) is 1. The molecule has 1 aromatic carbocycles. The van der Waals surface area contributed by atoms with E-state index in [-0.39, 0.29) is 18.4 Å². The summed E-state index contributed by atoms with van der Waals surface area (Å²) < 4.78 is 10.5. The third kappa shape index (κ3) is 4.14. The molecular weight excluding hydrogens is 306 g/mol. The number of benzene rings is 1. The van der Waals surface area contributed by atoms with Crippen LogP contribution in [0.1, 0.15) is 28.6 Å².